The van der Waals surface area contributed by atoms with E-state index in [1.807, 2.05) is 0 Å². The van der Waals surface area contributed by atoms with E-state index in [9.17, 15) is 9.59 Å². The third-order valence-electron chi connectivity index (χ3n) is 3.22. The lowest BCUT2D eigenvalue weighted by Crippen LogP contribution is -2.41. The Bertz CT molecular complexity index is 536. The molecule has 0 saturated carbocycles. The number of nitrogens with zero attached hydrogens (tertiary/aromatic N) is 1. The van der Waals surface area contributed by atoms with Gasteiger partial charge in [0.1, 0.15) is 5.75 Å². The minimum Gasteiger partial charge on any atom is -0.497 e. The monoisotopic (exact) mass is 305 g/mol. The minimum atomic E-state index is -0.803. The van der Waals surface area contributed by atoms with Crippen LogP contribution in [-0.2, 0) is 14.3 Å². The number of methoxy groups -OCH3 is 1. The van der Waals surface area contributed by atoms with E-state index >= 15 is 0 Å². The topological polar surface area (TPSA) is 89.0 Å². The molecule has 2 amide bonds. The SMILES string of the molecule is COc1ccc(/C=N\NC(=O)C(=O)NC[C@H]2CCCO2)cc1. The molecule has 7 nitrogen and oxygen atoms in total. The molecule has 1 aliphatic heterocycles. The van der Waals surface area contributed by atoms with Gasteiger partial charge >= 0.3 is 11.8 Å². The van der Waals surface area contributed by atoms with Crippen molar-refractivity contribution in [2.24, 2.45) is 5.10 Å². The maximum Gasteiger partial charge on any atom is 0.329 e. The fourth-order valence-electron chi connectivity index (χ4n) is 2.00. The summed E-state index contributed by atoms with van der Waals surface area (Å²) in [5.41, 5.74) is 2.96. The summed E-state index contributed by atoms with van der Waals surface area (Å²) in [5, 5.41) is 6.26. The molecule has 2 rings (SSSR count). The van der Waals surface area contributed by atoms with E-state index in [1.54, 1.807) is 31.4 Å². The van der Waals surface area contributed by atoms with Gasteiger partial charge in [0.2, 0.25) is 0 Å². The van der Waals surface area contributed by atoms with Crippen molar-refractivity contribution in [1.29, 1.82) is 0 Å². The summed E-state index contributed by atoms with van der Waals surface area (Å²) in [5.74, 6) is -0.792. The van der Waals surface area contributed by atoms with E-state index in [4.69, 9.17) is 9.47 Å². The third-order valence-corrected chi connectivity index (χ3v) is 3.22. The molecule has 0 unspecified atom stereocenters. The predicted molar refractivity (Wildman–Crippen MR) is 80.7 cm³/mol. The van der Waals surface area contributed by atoms with Crippen LogP contribution in [0.15, 0.2) is 29.4 Å². The Hall–Kier alpha value is -2.41. The van der Waals surface area contributed by atoms with Crippen LogP contribution in [0.2, 0.25) is 0 Å². The minimum absolute atomic E-state index is 0.000416. The van der Waals surface area contributed by atoms with Crippen molar-refractivity contribution in [3.05, 3.63) is 29.8 Å². The number of hydrogen-bond acceptors (Lipinski definition) is 5. The summed E-state index contributed by atoms with van der Waals surface area (Å²) in [4.78, 5) is 23.1. The lowest BCUT2D eigenvalue weighted by molar-refractivity contribution is -0.139. The van der Waals surface area contributed by atoms with Gasteiger partial charge in [0, 0.05) is 13.2 Å². The van der Waals surface area contributed by atoms with E-state index < -0.39 is 11.8 Å². The number of benzene rings is 1. The Kier molecular flexibility index (Phi) is 5.91. The summed E-state index contributed by atoms with van der Waals surface area (Å²) in [6, 6.07) is 7.12. The van der Waals surface area contributed by atoms with E-state index in [1.165, 1.54) is 6.21 Å². The first-order chi connectivity index (χ1) is 10.7. The molecule has 1 atom stereocenters. The molecule has 1 fully saturated rings. The number of rotatable bonds is 5. The van der Waals surface area contributed by atoms with Gasteiger partial charge in [0.25, 0.3) is 0 Å². The van der Waals surface area contributed by atoms with Crippen molar-refractivity contribution >= 4 is 18.0 Å². The summed E-state index contributed by atoms with van der Waals surface area (Å²) < 4.78 is 10.4. The summed E-state index contributed by atoms with van der Waals surface area (Å²) in [7, 11) is 1.58. The van der Waals surface area contributed by atoms with Crippen LogP contribution in [-0.4, -0.2) is 44.4 Å². The van der Waals surface area contributed by atoms with E-state index in [0.29, 0.717) is 13.2 Å². The first-order valence-electron chi connectivity index (χ1n) is 7.06. The molecule has 7 heteroatoms. The molecule has 1 saturated heterocycles. The number of carbonyl (C=O) groups excluding carboxylic acids is 2. The second kappa shape index (κ2) is 8.14. The Labute approximate surface area is 128 Å². The summed E-state index contributed by atoms with van der Waals surface area (Å²) >= 11 is 0. The van der Waals surface area contributed by atoms with Gasteiger partial charge in [-0.25, -0.2) is 5.43 Å². The molecule has 1 aliphatic rings. The molecule has 0 radical (unpaired) electrons. The van der Waals surface area contributed by atoms with Crippen LogP contribution in [0, 0.1) is 0 Å². The van der Waals surface area contributed by atoms with E-state index in [-0.39, 0.29) is 6.10 Å². The first kappa shape index (κ1) is 16.0. The molecule has 0 spiro atoms. The molecule has 1 heterocycles. The molecule has 0 aromatic heterocycles. The van der Waals surface area contributed by atoms with Crippen LogP contribution in [0.1, 0.15) is 18.4 Å². The Morgan fingerprint density at radius 3 is 2.77 bits per heavy atom. The van der Waals surface area contributed by atoms with Gasteiger partial charge in [0.05, 0.1) is 19.4 Å². The Balaban J connectivity index is 1.73. The zero-order chi connectivity index (χ0) is 15.8. The highest BCUT2D eigenvalue weighted by atomic mass is 16.5. The van der Waals surface area contributed by atoms with Crippen molar-refractivity contribution in [2.45, 2.75) is 18.9 Å². The fraction of sp³-hybridized carbons (Fsp3) is 0.400. The van der Waals surface area contributed by atoms with Crippen LogP contribution in [0.5, 0.6) is 5.75 Å². The van der Waals surface area contributed by atoms with Crippen molar-refractivity contribution in [2.75, 3.05) is 20.3 Å². The Morgan fingerprint density at radius 2 is 2.14 bits per heavy atom. The molecule has 0 bridgehead atoms. The average molecular weight is 305 g/mol. The molecule has 1 aromatic rings. The highest BCUT2D eigenvalue weighted by Crippen LogP contribution is 2.10. The number of nitrogens with one attached hydrogen (secondary N) is 2. The average Bonchev–Trinajstić information content (AvgIpc) is 3.06. The van der Waals surface area contributed by atoms with Gasteiger partial charge in [-0.15, -0.1) is 0 Å². The number of amides is 2. The van der Waals surface area contributed by atoms with Crippen molar-refractivity contribution in [3.63, 3.8) is 0 Å². The molecular formula is C15H19N3O4. The molecule has 1 aromatic carbocycles. The number of carbonyl (C=O) groups is 2. The quantitative estimate of drug-likeness (QED) is 0.469. The molecular weight excluding hydrogens is 286 g/mol. The maximum atomic E-state index is 11.6. The standard InChI is InChI=1S/C15H19N3O4/c1-21-12-6-4-11(5-7-12)9-17-18-15(20)14(19)16-10-13-3-2-8-22-13/h4-7,9,13H,2-3,8,10H2,1H3,(H,16,19)(H,18,20)/b17-9-/t13-/m1/s1. The van der Waals surface area contributed by atoms with Crippen LogP contribution < -0.4 is 15.5 Å². The summed E-state index contributed by atoms with van der Waals surface area (Å²) in [6.07, 6.45) is 3.33. The molecule has 22 heavy (non-hydrogen) atoms. The smallest absolute Gasteiger partial charge is 0.329 e. The normalized spacial score (nSPS) is 17.4. The third kappa shape index (κ3) is 4.85. The van der Waals surface area contributed by atoms with Crippen LogP contribution >= 0.6 is 0 Å². The lowest BCUT2D eigenvalue weighted by Gasteiger charge is -2.09. The van der Waals surface area contributed by atoms with Crippen LogP contribution in [0.4, 0.5) is 0 Å². The van der Waals surface area contributed by atoms with Gasteiger partial charge < -0.3 is 14.8 Å². The van der Waals surface area contributed by atoms with Crippen molar-refractivity contribution in [3.8, 4) is 5.75 Å². The number of hydrazone groups is 1. The number of hydrogen-bond donors (Lipinski definition) is 2. The zero-order valence-corrected chi connectivity index (χ0v) is 12.4. The molecule has 2 N–H and O–H groups in total. The van der Waals surface area contributed by atoms with Gasteiger partial charge in [-0.05, 0) is 42.7 Å². The van der Waals surface area contributed by atoms with E-state index in [0.717, 1.165) is 24.2 Å². The van der Waals surface area contributed by atoms with Gasteiger partial charge in [-0.3, -0.25) is 9.59 Å². The highest BCUT2D eigenvalue weighted by molar-refractivity contribution is 6.35. The Morgan fingerprint density at radius 1 is 1.36 bits per heavy atom. The molecule has 118 valence electrons. The van der Waals surface area contributed by atoms with Gasteiger partial charge in [-0.2, -0.15) is 5.10 Å². The number of ether oxygens (including phenoxy) is 2. The second-order valence-corrected chi connectivity index (χ2v) is 4.82. The highest BCUT2D eigenvalue weighted by Gasteiger charge is 2.18. The zero-order valence-electron chi connectivity index (χ0n) is 12.4. The molecule has 0 aliphatic carbocycles. The van der Waals surface area contributed by atoms with Gasteiger partial charge in [-0.1, -0.05) is 0 Å². The van der Waals surface area contributed by atoms with Crippen LogP contribution in [0.3, 0.4) is 0 Å². The first-order valence-corrected chi connectivity index (χ1v) is 7.06. The van der Waals surface area contributed by atoms with Crippen LogP contribution in [0.25, 0.3) is 0 Å². The predicted octanol–water partition coefficient (Wildman–Crippen LogP) is 0.440. The van der Waals surface area contributed by atoms with E-state index in [2.05, 4.69) is 15.8 Å². The van der Waals surface area contributed by atoms with Crippen molar-refractivity contribution < 1.29 is 19.1 Å². The lowest BCUT2D eigenvalue weighted by atomic mass is 10.2. The second-order valence-electron chi connectivity index (χ2n) is 4.82. The largest absolute Gasteiger partial charge is 0.497 e. The van der Waals surface area contributed by atoms with Gasteiger partial charge in [0.15, 0.2) is 0 Å². The maximum absolute atomic E-state index is 11.6. The summed E-state index contributed by atoms with van der Waals surface area (Å²) in [6.45, 7) is 1.05. The fourth-order valence-corrected chi connectivity index (χ4v) is 2.00. The van der Waals surface area contributed by atoms with Crippen molar-refractivity contribution in [1.82, 2.24) is 10.7 Å².